The predicted molar refractivity (Wildman–Crippen MR) is 52.2 cm³/mol. The second-order valence-electron chi connectivity index (χ2n) is 4.67. The average Bonchev–Trinajstić information content (AvgIpc) is 2.78. The van der Waals surface area contributed by atoms with Gasteiger partial charge in [-0.2, -0.15) is 0 Å². The smallest absolute Gasteiger partial charge is 0.00989 e. The molecule has 70 valence electrons. The standard InChI is InChI=1S/C11H21N/c1-9-8-11(9)12-10-6-4-2-3-5-7-10/h9-12H,2-8H2,1H3. The van der Waals surface area contributed by atoms with Gasteiger partial charge >= 0.3 is 0 Å². The van der Waals surface area contributed by atoms with Crippen LogP contribution >= 0.6 is 0 Å². The van der Waals surface area contributed by atoms with Gasteiger partial charge in [-0.05, 0) is 25.2 Å². The Hall–Kier alpha value is -0.0400. The molecule has 12 heavy (non-hydrogen) atoms. The molecule has 2 aliphatic rings. The van der Waals surface area contributed by atoms with Gasteiger partial charge in [0.2, 0.25) is 0 Å². The number of hydrogen-bond donors (Lipinski definition) is 1. The number of hydrogen-bond acceptors (Lipinski definition) is 1. The molecule has 0 heterocycles. The van der Waals surface area contributed by atoms with E-state index in [4.69, 9.17) is 0 Å². The second kappa shape index (κ2) is 3.78. The second-order valence-corrected chi connectivity index (χ2v) is 4.67. The van der Waals surface area contributed by atoms with Crippen molar-refractivity contribution in [1.29, 1.82) is 0 Å². The molecule has 0 aromatic rings. The average molecular weight is 167 g/mol. The van der Waals surface area contributed by atoms with Crippen LogP contribution in [0.3, 0.4) is 0 Å². The van der Waals surface area contributed by atoms with E-state index in [0.29, 0.717) is 0 Å². The van der Waals surface area contributed by atoms with E-state index >= 15 is 0 Å². The van der Waals surface area contributed by atoms with E-state index in [1.807, 2.05) is 0 Å². The maximum atomic E-state index is 3.78. The van der Waals surface area contributed by atoms with Gasteiger partial charge in [-0.15, -0.1) is 0 Å². The maximum absolute atomic E-state index is 3.78. The van der Waals surface area contributed by atoms with Crippen molar-refractivity contribution in [1.82, 2.24) is 5.32 Å². The van der Waals surface area contributed by atoms with Gasteiger partial charge in [0.15, 0.2) is 0 Å². The Balaban J connectivity index is 1.71. The fourth-order valence-electron chi connectivity index (χ4n) is 2.30. The van der Waals surface area contributed by atoms with E-state index in [1.54, 1.807) is 0 Å². The van der Waals surface area contributed by atoms with Crippen molar-refractivity contribution in [2.75, 3.05) is 0 Å². The highest BCUT2D eigenvalue weighted by Crippen LogP contribution is 2.31. The normalized spacial score (nSPS) is 37.8. The molecule has 2 fully saturated rings. The van der Waals surface area contributed by atoms with Crippen molar-refractivity contribution in [2.24, 2.45) is 5.92 Å². The van der Waals surface area contributed by atoms with E-state index in [-0.39, 0.29) is 0 Å². The largest absolute Gasteiger partial charge is 0.311 e. The first-order chi connectivity index (χ1) is 5.86. The highest BCUT2D eigenvalue weighted by Gasteiger charge is 2.33. The Bertz CT molecular complexity index is 136. The summed E-state index contributed by atoms with van der Waals surface area (Å²) in [5.41, 5.74) is 0. The fraction of sp³-hybridized carbons (Fsp3) is 1.00. The zero-order valence-corrected chi connectivity index (χ0v) is 8.18. The minimum absolute atomic E-state index is 0.863. The van der Waals surface area contributed by atoms with Crippen LogP contribution in [0.15, 0.2) is 0 Å². The van der Waals surface area contributed by atoms with Crippen LogP contribution < -0.4 is 5.32 Å². The zero-order chi connectivity index (χ0) is 8.39. The van der Waals surface area contributed by atoms with Gasteiger partial charge in [0.1, 0.15) is 0 Å². The van der Waals surface area contributed by atoms with E-state index in [0.717, 1.165) is 18.0 Å². The van der Waals surface area contributed by atoms with Crippen LogP contribution in [-0.2, 0) is 0 Å². The maximum Gasteiger partial charge on any atom is 0.00989 e. The van der Waals surface area contributed by atoms with Crippen molar-refractivity contribution in [3.05, 3.63) is 0 Å². The minimum Gasteiger partial charge on any atom is -0.311 e. The summed E-state index contributed by atoms with van der Waals surface area (Å²) in [6, 6.07) is 1.75. The lowest BCUT2D eigenvalue weighted by atomic mass is 10.1. The van der Waals surface area contributed by atoms with Gasteiger partial charge < -0.3 is 5.32 Å². The van der Waals surface area contributed by atoms with Crippen LogP contribution in [0.5, 0.6) is 0 Å². The minimum atomic E-state index is 0.863. The molecule has 0 radical (unpaired) electrons. The van der Waals surface area contributed by atoms with Crippen LogP contribution in [0, 0.1) is 5.92 Å². The third-order valence-corrected chi connectivity index (χ3v) is 3.41. The molecule has 0 aromatic heterocycles. The van der Waals surface area contributed by atoms with Gasteiger partial charge in [-0.25, -0.2) is 0 Å². The Morgan fingerprint density at radius 2 is 1.58 bits per heavy atom. The lowest BCUT2D eigenvalue weighted by molar-refractivity contribution is 0.448. The highest BCUT2D eigenvalue weighted by atomic mass is 15.0. The summed E-state index contributed by atoms with van der Waals surface area (Å²) in [7, 11) is 0. The Morgan fingerprint density at radius 1 is 1.00 bits per heavy atom. The van der Waals surface area contributed by atoms with Gasteiger partial charge in [-0.3, -0.25) is 0 Å². The molecule has 1 N–H and O–H groups in total. The monoisotopic (exact) mass is 167 g/mol. The Labute approximate surface area is 75.9 Å². The molecule has 0 spiro atoms. The highest BCUT2D eigenvalue weighted by molar-refractivity contribution is 4.92. The Kier molecular flexibility index (Phi) is 2.69. The number of rotatable bonds is 2. The molecule has 2 atom stereocenters. The summed E-state index contributed by atoms with van der Waals surface area (Å²) in [6.07, 6.45) is 10.2. The first-order valence-corrected chi connectivity index (χ1v) is 5.62. The summed E-state index contributed by atoms with van der Waals surface area (Å²) < 4.78 is 0. The zero-order valence-electron chi connectivity index (χ0n) is 8.18. The molecule has 1 heteroatoms. The van der Waals surface area contributed by atoms with Gasteiger partial charge in [0.25, 0.3) is 0 Å². The third-order valence-electron chi connectivity index (χ3n) is 3.41. The van der Waals surface area contributed by atoms with Gasteiger partial charge in [0, 0.05) is 12.1 Å². The molecule has 2 rings (SSSR count). The number of nitrogens with one attached hydrogen (secondary N) is 1. The molecule has 0 saturated heterocycles. The molecule has 0 bridgehead atoms. The molecule has 0 aliphatic heterocycles. The lowest BCUT2D eigenvalue weighted by Crippen LogP contribution is -2.31. The third kappa shape index (κ3) is 2.22. The molecular formula is C11H21N. The fourth-order valence-corrected chi connectivity index (χ4v) is 2.30. The van der Waals surface area contributed by atoms with Crippen molar-refractivity contribution >= 4 is 0 Å². The van der Waals surface area contributed by atoms with E-state index in [2.05, 4.69) is 12.2 Å². The van der Waals surface area contributed by atoms with E-state index < -0.39 is 0 Å². The topological polar surface area (TPSA) is 12.0 Å². The Morgan fingerprint density at radius 3 is 2.08 bits per heavy atom. The molecule has 1 nitrogen and oxygen atoms in total. The van der Waals surface area contributed by atoms with E-state index in [9.17, 15) is 0 Å². The summed E-state index contributed by atoms with van der Waals surface area (Å²) in [6.45, 7) is 2.36. The van der Waals surface area contributed by atoms with Crippen molar-refractivity contribution in [3.63, 3.8) is 0 Å². The predicted octanol–water partition coefficient (Wildman–Crippen LogP) is 2.71. The molecule has 2 aliphatic carbocycles. The molecule has 2 saturated carbocycles. The summed E-state index contributed by atoms with van der Waals surface area (Å²) in [5.74, 6) is 0.966. The van der Waals surface area contributed by atoms with Crippen molar-refractivity contribution in [2.45, 2.75) is 64.0 Å². The van der Waals surface area contributed by atoms with Crippen LogP contribution in [0.4, 0.5) is 0 Å². The quantitative estimate of drug-likeness (QED) is 0.623. The molecular weight excluding hydrogens is 146 g/mol. The van der Waals surface area contributed by atoms with Crippen LogP contribution in [0.25, 0.3) is 0 Å². The van der Waals surface area contributed by atoms with Crippen LogP contribution in [0.1, 0.15) is 51.9 Å². The van der Waals surface area contributed by atoms with Gasteiger partial charge in [0.05, 0.1) is 0 Å². The molecule has 0 amide bonds. The first-order valence-electron chi connectivity index (χ1n) is 5.62. The van der Waals surface area contributed by atoms with Crippen LogP contribution in [-0.4, -0.2) is 12.1 Å². The van der Waals surface area contributed by atoms with Crippen molar-refractivity contribution < 1.29 is 0 Å². The first kappa shape index (κ1) is 8.55. The summed E-state index contributed by atoms with van der Waals surface area (Å²) >= 11 is 0. The lowest BCUT2D eigenvalue weighted by Gasteiger charge is -2.15. The SMILES string of the molecule is CC1CC1NC1CCCCCC1. The van der Waals surface area contributed by atoms with Gasteiger partial charge in [-0.1, -0.05) is 32.6 Å². The van der Waals surface area contributed by atoms with Crippen molar-refractivity contribution in [3.8, 4) is 0 Å². The van der Waals surface area contributed by atoms with Crippen LogP contribution in [0.2, 0.25) is 0 Å². The molecule has 2 unspecified atom stereocenters. The summed E-state index contributed by atoms with van der Waals surface area (Å²) in [5, 5.41) is 3.78. The molecule has 0 aromatic carbocycles. The summed E-state index contributed by atoms with van der Waals surface area (Å²) in [4.78, 5) is 0. The van der Waals surface area contributed by atoms with E-state index in [1.165, 1.54) is 44.9 Å².